The number of fused-ring (bicyclic) bond motifs is 1. The van der Waals surface area contributed by atoms with E-state index >= 15 is 0 Å². The van der Waals surface area contributed by atoms with Crippen LogP contribution in [0.5, 0.6) is 0 Å². The number of aryl methyl sites for hydroxylation is 1. The predicted octanol–water partition coefficient (Wildman–Crippen LogP) is 6.90. The monoisotopic (exact) mass is 492 g/mol. The zero-order valence-corrected chi connectivity index (χ0v) is 22.1. The molecule has 37 heavy (non-hydrogen) atoms. The number of allylic oxidation sites excluding steroid dienone is 3. The summed E-state index contributed by atoms with van der Waals surface area (Å²) < 4.78 is 0. The van der Waals surface area contributed by atoms with Gasteiger partial charge >= 0.3 is 0 Å². The van der Waals surface area contributed by atoms with Crippen LogP contribution in [-0.4, -0.2) is 47.9 Å². The van der Waals surface area contributed by atoms with Crippen molar-refractivity contribution in [1.82, 2.24) is 9.88 Å². The maximum Gasteiger partial charge on any atom is 0.253 e. The molecule has 5 nitrogen and oxygen atoms in total. The first kappa shape index (κ1) is 24.9. The summed E-state index contributed by atoms with van der Waals surface area (Å²) in [5.74, 6) is 0.717. The Morgan fingerprint density at radius 2 is 1.97 bits per heavy atom. The fourth-order valence-corrected chi connectivity index (χ4v) is 5.60. The minimum atomic E-state index is 0.143. The Bertz CT molecular complexity index is 1410. The summed E-state index contributed by atoms with van der Waals surface area (Å²) in [5, 5.41) is 1.08. The molecule has 190 valence electrons. The van der Waals surface area contributed by atoms with Crippen molar-refractivity contribution in [3.05, 3.63) is 94.3 Å². The van der Waals surface area contributed by atoms with E-state index in [2.05, 4.69) is 54.2 Å². The molecule has 2 aromatic carbocycles. The van der Waals surface area contributed by atoms with E-state index < -0.39 is 0 Å². The molecule has 0 spiro atoms. The molecule has 3 aromatic rings. The minimum Gasteiger partial charge on any atom is -0.361 e. The average Bonchev–Trinajstić information content (AvgIpc) is 3.40. The highest BCUT2D eigenvalue weighted by atomic mass is 16.2. The number of aromatic nitrogens is 1. The third-order valence-electron chi connectivity index (χ3n) is 7.70. The van der Waals surface area contributed by atoms with Crippen LogP contribution in [0.15, 0.2) is 87.6 Å². The van der Waals surface area contributed by atoms with Gasteiger partial charge in [-0.15, -0.1) is 0 Å². The number of H-pyrrole nitrogens is 1. The third-order valence-corrected chi connectivity index (χ3v) is 7.70. The van der Waals surface area contributed by atoms with Crippen LogP contribution in [0.2, 0.25) is 0 Å². The minimum absolute atomic E-state index is 0.143. The molecule has 2 aliphatic heterocycles. The fourth-order valence-electron chi connectivity index (χ4n) is 5.60. The Hall–Kier alpha value is -3.73. The SMILES string of the molecule is CC/C(C=NC)=C1/CC(CC2CCN(C(=O)c3ccc4[nH]ccc4c3)CC2)=CC(c2ccccc2C)=N1. The Kier molecular flexibility index (Phi) is 7.50. The number of hydrogen-bond donors (Lipinski definition) is 1. The second kappa shape index (κ2) is 11.1. The third kappa shape index (κ3) is 5.51. The van der Waals surface area contributed by atoms with E-state index in [0.717, 1.165) is 73.1 Å². The topological polar surface area (TPSA) is 60.8 Å². The van der Waals surface area contributed by atoms with Crippen LogP contribution >= 0.6 is 0 Å². The normalized spacial score (nSPS) is 18.3. The van der Waals surface area contributed by atoms with Gasteiger partial charge in [-0.05, 0) is 80.0 Å². The number of aromatic amines is 1. The summed E-state index contributed by atoms with van der Waals surface area (Å²) in [6, 6.07) is 16.4. The van der Waals surface area contributed by atoms with Gasteiger partial charge in [-0.25, -0.2) is 0 Å². The number of piperidine rings is 1. The maximum atomic E-state index is 13.2. The number of nitrogens with zero attached hydrogens (tertiary/aromatic N) is 3. The number of carbonyl (C=O) groups excluding carboxylic acids is 1. The van der Waals surface area contributed by atoms with Crippen LogP contribution in [0.4, 0.5) is 0 Å². The highest BCUT2D eigenvalue weighted by Crippen LogP contribution is 2.33. The van der Waals surface area contributed by atoms with E-state index in [1.54, 1.807) is 0 Å². The van der Waals surface area contributed by atoms with E-state index in [4.69, 9.17) is 4.99 Å². The first-order valence-corrected chi connectivity index (χ1v) is 13.4. The van der Waals surface area contributed by atoms with Crippen LogP contribution in [0.3, 0.4) is 0 Å². The summed E-state index contributed by atoms with van der Waals surface area (Å²) in [6.45, 7) is 5.95. The Labute approximate surface area is 219 Å². The number of likely N-dealkylation sites (tertiary alicyclic amines) is 1. The maximum absolute atomic E-state index is 13.2. The number of nitrogens with one attached hydrogen (secondary N) is 1. The lowest BCUT2D eigenvalue weighted by Gasteiger charge is -2.33. The summed E-state index contributed by atoms with van der Waals surface area (Å²) in [7, 11) is 1.83. The van der Waals surface area contributed by atoms with Crippen molar-refractivity contribution < 1.29 is 4.79 Å². The van der Waals surface area contributed by atoms with Crippen LogP contribution in [0.25, 0.3) is 10.9 Å². The standard InChI is InChI=1S/C32H36N4O/c1-4-25(21-33-3)30-18-24(19-31(35-30)28-8-6-5-7-22(28)2)17-23-12-15-36(16-13-23)32(37)27-9-10-29-26(20-27)11-14-34-29/h5-11,14,19-21,23,34H,4,12-13,15-18H2,1-3H3/b30-25+,33-21?. The van der Waals surface area contributed by atoms with Gasteiger partial charge in [0.15, 0.2) is 0 Å². The summed E-state index contributed by atoms with van der Waals surface area (Å²) >= 11 is 0. The molecule has 1 aromatic heterocycles. The van der Waals surface area contributed by atoms with Gasteiger partial charge in [0.1, 0.15) is 0 Å². The highest BCUT2D eigenvalue weighted by molar-refractivity contribution is 6.11. The lowest BCUT2D eigenvalue weighted by Crippen LogP contribution is -2.38. The van der Waals surface area contributed by atoms with E-state index in [1.165, 1.54) is 22.3 Å². The molecule has 1 fully saturated rings. The van der Waals surface area contributed by atoms with Gasteiger partial charge in [-0.3, -0.25) is 14.8 Å². The van der Waals surface area contributed by atoms with Crippen molar-refractivity contribution in [2.24, 2.45) is 15.9 Å². The molecule has 0 saturated carbocycles. The zero-order valence-electron chi connectivity index (χ0n) is 22.1. The van der Waals surface area contributed by atoms with E-state index in [1.807, 2.05) is 48.6 Å². The summed E-state index contributed by atoms with van der Waals surface area (Å²) in [6.07, 6.45) is 11.1. The quantitative estimate of drug-likeness (QED) is 0.374. The Balaban J connectivity index is 1.30. The fraction of sp³-hybridized carbons (Fsp3) is 0.344. The average molecular weight is 493 g/mol. The van der Waals surface area contributed by atoms with E-state index in [0.29, 0.717) is 5.92 Å². The molecule has 0 bridgehead atoms. The van der Waals surface area contributed by atoms with Gasteiger partial charge < -0.3 is 9.88 Å². The van der Waals surface area contributed by atoms with Crippen molar-refractivity contribution in [1.29, 1.82) is 0 Å². The molecule has 5 rings (SSSR count). The molecule has 0 radical (unpaired) electrons. The number of carbonyl (C=O) groups is 1. The Morgan fingerprint density at radius 1 is 1.16 bits per heavy atom. The lowest BCUT2D eigenvalue weighted by atomic mass is 9.85. The van der Waals surface area contributed by atoms with Crippen molar-refractivity contribution >= 4 is 28.7 Å². The van der Waals surface area contributed by atoms with Crippen LogP contribution in [0.1, 0.15) is 60.5 Å². The van der Waals surface area contributed by atoms with Gasteiger partial charge in [0.05, 0.1) is 5.71 Å². The molecule has 0 aliphatic carbocycles. The number of dihydropyridines is 1. The first-order valence-electron chi connectivity index (χ1n) is 13.4. The molecule has 1 amide bonds. The van der Waals surface area contributed by atoms with Gasteiger partial charge in [-0.2, -0.15) is 0 Å². The summed E-state index contributed by atoms with van der Waals surface area (Å²) in [4.78, 5) is 27.8. The van der Waals surface area contributed by atoms with Gasteiger partial charge in [-0.1, -0.05) is 36.8 Å². The largest absolute Gasteiger partial charge is 0.361 e. The lowest BCUT2D eigenvalue weighted by molar-refractivity contribution is 0.0690. The second-order valence-corrected chi connectivity index (χ2v) is 10.2. The molecule has 1 saturated heterocycles. The number of benzene rings is 2. The van der Waals surface area contributed by atoms with Crippen LogP contribution < -0.4 is 0 Å². The molecule has 1 N–H and O–H groups in total. The van der Waals surface area contributed by atoms with Gasteiger partial charge in [0.25, 0.3) is 5.91 Å². The van der Waals surface area contributed by atoms with Crippen molar-refractivity contribution in [3.8, 4) is 0 Å². The van der Waals surface area contributed by atoms with Crippen LogP contribution in [0, 0.1) is 12.8 Å². The van der Waals surface area contributed by atoms with Crippen molar-refractivity contribution in [2.75, 3.05) is 20.1 Å². The van der Waals surface area contributed by atoms with Gasteiger partial charge in [0, 0.05) is 66.7 Å². The number of amides is 1. The molecule has 2 aliphatic rings. The van der Waals surface area contributed by atoms with Crippen molar-refractivity contribution in [2.45, 2.75) is 46.0 Å². The molecule has 0 atom stereocenters. The Morgan fingerprint density at radius 3 is 2.73 bits per heavy atom. The number of hydrogen-bond acceptors (Lipinski definition) is 3. The van der Waals surface area contributed by atoms with Gasteiger partial charge in [0.2, 0.25) is 0 Å². The number of aliphatic imine (C=N–C) groups is 2. The first-order chi connectivity index (χ1) is 18.1. The second-order valence-electron chi connectivity index (χ2n) is 10.2. The van der Waals surface area contributed by atoms with Crippen LogP contribution in [-0.2, 0) is 0 Å². The predicted molar refractivity (Wildman–Crippen MR) is 154 cm³/mol. The molecule has 3 heterocycles. The molecular weight excluding hydrogens is 456 g/mol. The number of rotatable bonds is 6. The molecule has 0 unspecified atom stereocenters. The molecular formula is C32H36N4O. The summed E-state index contributed by atoms with van der Waals surface area (Å²) in [5.41, 5.74) is 9.11. The smallest absolute Gasteiger partial charge is 0.253 e. The zero-order chi connectivity index (χ0) is 25.8. The highest BCUT2D eigenvalue weighted by Gasteiger charge is 2.26. The van der Waals surface area contributed by atoms with E-state index in [9.17, 15) is 4.79 Å². The van der Waals surface area contributed by atoms with Crippen molar-refractivity contribution in [3.63, 3.8) is 0 Å². The molecule has 5 heteroatoms. The van der Waals surface area contributed by atoms with E-state index in [-0.39, 0.29) is 5.91 Å².